The summed E-state index contributed by atoms with van der Waals surface area (Å²) in [6.07, 6.45) is -4.09. The van der Waals surface area contributed by atoms with E-state index >= 15 is 0 Å². The van der Waals surface area contributed by atoms with Gasteiger partial charge in [0.15, 0.2) is 0 Å². The van der Waals surface area contributed by atoms with Crippen molar-refractivity contribution in [3.05, 3.63) is 24.3 Å². The van der Waals surface area contributed by atoms with Gasteiger partial charge in [-0.25, -0.2) is 0 Å². The molecule has 19 heavy (non-hydrogen) atoms. The number of nitriles is 1. The fourth-order valence-corrected chi connectivity index (χ4v) is 1.21. The first-order valence-electron chi connectivity index (χ1n) is 4.97. The van der Waals surface area contributed by atoms with Crippen molar-refractivity contribution < 1.29 is 18.3 Å². The van der Waals surface area contributed by atoms with Gasteiger partial charge in [0.25, 0.3) is 0 Å². The number of benzene rings is 1. The molecule has 0 saturated carbocycles. The number of anilines is 1. The van der Waals surface area contributed by atoms with Gasteiger partial charge in [0.05, 0.1) is 6.07 Å². The van der Waals surface area contributed by atoms with E-state index in [1.54, 1.807) is 6.07 Å². The van der Waals surface area contributed by atoms with Crippen molar-refractivity contribution in [3.8, 4) is 11.8 Å². The Labute approximate surface area is 117 Å². The van der Waals surface area contributed by atoms with Crippen LogP contribution in [0.2, 0.25) is 0 Å². The number of halogens is 4. The molecule has 1 rings (SSSR count). The highest BCUT2D eigenvalue weighted by molar-refractivity contribution is 6.44. The highest BCUT2D eigenvalue weighted by Crippen LogP contribution is 2.31. The van der Waals surface area contributed by atoms with E-state index in [-0.39, 0.29) is 17.9 Å². The number of amides is 1. The van der Waals surface area contributed by atoms with Gasteiger partial charge in [-0.1, -0.05) is 29.3 Å². The predicted molar refractivity (Wildman–Crippen MR) is 66.4 cm³/mol. The Kier molecular flexibility index (Phi) is 5.33. The number of nitrogens with zero attached hydrogens (tertiary/aromatic N) is 1. The fraction of sp³-hybridized carbons (Fsp3) is 0.273. The number of rotatable bonds is 5. The second-order valence-corrected chi connectivity index (χ2v) is 4.47. The van der Waals surface area contributed by atoms with Crippen molar-refractivity contribution in [2.24, 2.45) is 0 Å². The molecule has 8 heteroatoms. The van der Waals surface area contributed by atoms with Crippen LogP contribution in [0.15, 0.2) is 24.3 Å². The molecule has 0 aliphatic heterocycles. The van der Waals surface area contributed by atoms with E-state index < -0.39 is 16.9 Å². The van der Waals surface area contributed by atoms with E-state index in [2.05, 4.69) is 10.1 Å². The molecule has 0 aliphatic carbocycles. The van der Waals surface area contributed by atoms with E-state index in [1.165, 1.54) is 24.3 Å². The zero-order valence-corrected chi connectivity index (χ0v) is 10.9. The lowest BCUT2D eigenvalue weighted by molar-refractivity contribution is -0.163. The Balaban J connectivity index is 2.78. The van der Waals surface area contributed by atoms with Crippen LogP contribution >= 0.6 is 23.2 Å². The molecule has 0 atom stereocenters. The average Bonchev–Trinajstić information content (AvgIpc) is 2.28. The number of hydrogen-bond acceptors (Lipinski definition) is 3. The number of nitrogens with one attached hydrogen (secondary N) is 1. The van der Waals surface area contributed by atoms with Gasteiger partial charge in [-0.3, -0.25) is 4.79 Å². The van der Waals surface area contributed by atoms with Gasteiger partial charge in [-0.15, -0.1) is 0 Å². The Hall–Kier alpha value is -1.58. The Morgan fingerprint density at radius 1 is 1.53 bits per heavy atom. The molecular weight excluding hydrogens is 301 g/mol. The van der Waals surface area contributed by atoms with E-state index in [0.29, 0.717) is 0 Å². The Bertz CT molecular complexity index is 504. The zero-order valence-electron chi connectivity index (χ0n) is 9.37. The van der Waals surface area contributed by atoms with Crippen LogP contribution in [0.4, 0.5) is 14.5 Å². The lowest BCUT2D eigenvalue weighted by Gasteiger charge is -2.19. The number of alkyl halides is 4. The molecule has 1 aromatic carbocycles. The topological polar surface area (TPSA) is 62.1 Å². The van der Waals surface area contributed by atoms with Crippen LogP contribution in [0.1, 0.15) is 6.42 Å². The molecule has 1 aromatic rings. The SMILES string of the molecule is N#CCC(=O)Nc1cccc(OC(F)(F)C(Cl)Cl)c1. The molecule has 1 N–H and O–H groups in total. The second-order valence-electron chi connectivity index (χ2n) is 3.38. The third kappa shape index (κ3) is 4.89. The van der Waals surface area contributed by atoms with Gasteiger partial charge in [-0.2, -0.15) is 14.0 Å². The smallest absolute Gasteiger partial charge is 0.428 e. The molecule has 1 amide bonds. The minimum absolute atomic E-state index is 0.217. The van der Waals surface area contributed by atoms with Crippen LogP contribution < -0.4 is 10.1 Å². The van der Waals surface area contributed by atoms with E-state index in [4.69, 9.17) is 28.5 Å². The first-order chi connectivity index (χ1) is 8.85. The molecule has 0 aliphatic rings. The van der Waals surface area contributed by atoms with Crippen LogP contribution in [-0.4, -0.2) is 16.9 Å². The number of carbonyl (C=O) groups is 1. The summed E-state index contributed by atoms with van der Waals surface area (Å²) in [5, 5.41) is 10.7. The van der Waals surface area contributed by atoms with Gasteiger partial charge in [0, 0.05) is 11.8 Å². The van der Waals surface area contributed by atoms with Gasteiger partial charge >= 0.3 is 6.11 Å². The van der Waals surface area contributed by atoms with Crippen LogP contribution in [0.25, 0.3) is 0 Å². The quantitative estimate of drug-likeness (QED) is 0.849. The third-order valence-corrected chi connectivity index (χ3v) is 2.37. The van der Waals surface area contributed by atoms with Crippen molar-refractivity contribution in [2.45, 2.75) is 17.4 Å². The van der Waals surface area contributed by atoms with Gasteiger partial charge in [-0.05, 0) is 12.1 Å². The summed E-state index contributed by atoms with van der Waals surface area (Å²) in [4.78, 5) is 9.13. The van der Waals surface area contributed by atoms with Crippen molar-refractivity contribution in [1.82, 2.24) is 0 Å². The van der Waals surface area contributed by atoms with Gasteiger partial charge in [0.2, 0.25) is 10.7 Å². The summed E-state index contributed by atoms with van der Waals surface area (Å²) >= 11 is 10.1. The molecule has 0 fully saturated rings. The number of ether oxygens (including phenoxy) is 1. The molecule has 0 saturated heterocycles. The van der Waals surface area contributed by atoms with Crippen molar-refractivity contribution in [2.75, 3.05) is 5.32 Å². The minimum atomic E-state index is -3.75. The van der Waals surface area contributed by atoms with Gasteiger partial charge < -0.3 is 10.1 Å². The molecule has 0 aromatic heterocycles. The minimum Gasteiger partial charge on any atom is -0.430 e. The standard InChI is InChI=1S/C11H8Cl2F2N2O2/c12-10(13)11(14,15)19-8-3-1-2-7(6-8)17-9(18)4-5-16/h1-3,6,10H,4H2,(H,17,18). The first kappa shape index (κ1) is 15.5. The largest absolute Gasteiger partial charge is 0.430 e. The summed E-state index contributed by atoms with van der Waals surface area (Å²) in [5.41, 5.74) is 0.217. The van der Waals surface area contributed by atoms with E-state index in [9.17, 15) is 13.6 Å². The van der Waals surface area contributed by atoms with Crippen molar-refractivity contribution in [1.29, 1.82) is 5.26 Å². The Morgan fingerprint density at radius 2 is 2.21 bits per heavy atom. The molecule has 4 nitrogen and oxygen atoms in total. The summed E-state index contributed by atoms with van der Waals surface area (Å²) in [6, 6.07) is 6.93. The average molecular weight is 309 g/mol. The monoisotopic (exact) mass is 308 g/mol. The third-order valence-electron chi connectivity index (χ3n) is 1.87. The molecule has 0 heterocycles. The summed E-state index contributed by atoms with van der Waals surface area (Å²) < 4.78 is 30.6. The maximum atomic E-state index is 13.1. The lowest BCUT2D eigenvalue weighted by atomic mass is 10.3. The summed E-state index contributed by atoms with van der Waals surface area (Å²) in [6.45, 7) is 0. The van der Waals surface area contributed by atoms with Crippen LogP contribution in [0.5, 0.6) is 5.75 Å². The maximum Gasteiger partial charge on any atom is 0.428 e. The molecular formula is C11H8Cl2F2N2O2. The molecule has 0 radical (unpaired) electrons. The summed E-state index contributed by atoms with van der Waals surface area (Å²) in [5.74, 6) is -0.773. The van der Waals surface area contributed by atoms with Crippen LogP contribution in [0.3, 0.4) is 0 Å². The summed E-state index contributed by atoms with van der Waals surface area (Å²) in [7, 11) is 0. The molecule has 0 unspecified atom stereocenters. The van der Waals surface area contributed by atoms with E-state index in [0.717, 1.165) is 0 Å². The van der Waals surface area contributed by atoms with Gasteiger partial charge in [0.1, 0.15) is 12.2 Å². The number of carbonyl (C=O) groups excluding carboxylic acids is 1. The Morgan fingerprint density at radius 3 is 2.79 bits per heavy atom. The van der Waals surface area contributed by atoms with Crippen molar-refractivity contribution >= 4 is 34.8 Å². The van der Waals surface area contributed by atoms with Crippen LogP contribution in [0, 0.1) is 11.3 Å². The van der Waals surface area contributed by atoms with Crippen LogP contribution in [-0.2, 0) is 4.79 Å². The maximum absolute atomic E-state index is 13.1. The van der Waals surface area contributed by atoms with E-state index in [1.807, 2.05) is 0 Å². The molecule has 0 bridgehead atoms. The fourth-order valence-electron chi connectivity index (χ4n) is 1.12. The first-order valence-corrected chi connectivity index (χ1v) is 5.84. The molecule has 102 valence electrons. The predicted octanol–water partition coefficient (Wildman–Crippen LogP) is 3.31. The zero-order chi connectivity index (χ0) is 14.5. The molecule has 0 spiro atoms. The normalized spacial score (nSPS) is 10.9. The van der Waals surface area contributed by atoms with Crippen molar-refractivity contribution in [3.63, 3.8) is 0 Å². The lowest BCUT2D eigenvalue weighted by Crippen LogP contribution is -2.32. The second kappa shape index (κ2) is 6.55. The number of hydrogen-bond donors (Lipinski definition) is 1. The highest BCUT2D eigenvalue weighted by atomic mass is 35.5. The highest BCUT2D eigenvalue weighted by Gasteiger charge is 2.40.